The third-order valence-corrected chi connectivity index (χ3v) is 3.15. The van der Waals surface area contributed by atoms with Crippen molar-refractivity contribution in [2.45, 2.75) is 34.6 Å². The molecule has 0 amide bonds. The van der Waals surface area contributed by atoms with Crippen molar-refractivity contribution in [1.82, 2.24) is 0 Å². The fraction of sp³-hybridized carbons (Fsp3) is 0.500. The van der Waals surface area contributed by atoms with E-state index in [1.807, 2.05) is 12.1 Å². The SMILES string of the molecule is Cc1cc(C=CC(=O)O)ccc1N(CC(C)C)CC(C)C. The topological polar surface area (TPSA) is 40.5 Å². The van der Waals surface area contributed by atoms with Crippen LogP contribution in [-0.4, -0.2) is 24.2 Å². The number of nitrogens with zero attached hydrogens (tertiary/aromatic N) is 1. The van der Waals surface area contributed by atoms with E-state index in [9.17, 15) is 4.79 Å². The molecule has 1 N–H and O–H groups in total. The number of carboxylic acids is 1. The van der Waals surface area contributed by atoms with E-state index in [-0.39, 0.29) is 0 Å². The van der Waals surface area contributed by atoms with Gasteiger partial charge in [0.25, 0.3) is 0 Å². The van der Waals surface area contributed by atoms with Crippen LogP contribution < -0.4 is 4.90 Å². The Morgan fingerprint density at radius 3 is 2.19 bits per heavy atom. The molecular formula is C18H27NO2. The fourth-order valence-corrected chi connectivity index (χ4v) is 2.46. The highest BCUT2D eigenvalue weighted by molar-refractivity contribution is 5.85. The molecule has 0 aliphatic carbocycles. The van der Waals surface area contributed by atoms with Crippen molar-refractivity contribution in [2.75, 3.05) is 18.0 Å². The lowest BCUT2D eigenvalue weighted by atomic mass is 10.1. The number of hydrogen-bond acceptors (Lipinski definition) is 2. The molecule has 0 saturated carbocycles. The van der Waals surface area contributed by atoms with E-state index in [0.29, 0.717) is 11.8 Å². The van der Waals surface area contributed by atoms with E-state index in [1.165, 1.54) is 17.3 Å². The molecule has 0 aromatic heterocycles. The predicted molar refractivity (Wildman–Crippen MR) is 89.7 cm³/mol. The van der Waals surface area contributed by atoms with Crippen LogP contribution in [0, 0.1) is 18.8 Å². The van der Waals surface area contributed by atoms with Gasteiger partial charge >= 0.3 is 5.97 Å². The average molecular weight is 289 g/mol. The summed E-state index contributed by atoms with van der Waals surface area (Å²) >= 11 is 0. The van der Waals surface area contributed by atoms with Crippen molar-refractivity contribution < 1.29 is 9.90 Å². The van der Waals surface area contributed by atoms with Crippen molar-refractivity contribution in [2.24, 2.45) is 11.8 Å². The van der Waals surface area contributed by atoms with E-state index in [4.69, 9.17) is 5.11 Å². The molecular weight excluding hydrogens is 262 g/mol. The van der Waals surface area contributed by atoms with Gasteiger partial charge < -0.3 is 10.0 Å². The molecule has 1 rings (SSSR count). The maximum atomic E-state index is 10.6. The molecule has 0 unspecified atom stereocenters. The van der Waals surface area contributed by atoms with Crippen molar-refractivity contribution >= 4 is 17.7 Å². The Hall–Kier alpha value is -1.77. The van der Waals surface area contributed by atoms with E-state index in [1.54, 1.807) is 6.08 Å². The molecule has 1 aromatic carbocycles. The van der Waals surface area contributed by atoms with Crippen LogP contribution >= 0.6 is 0 Å². The highest BCUT2D eigenvalue weighted by Gasteiger charge is 2.12. The Balaban J connectivity index is 3.01. The monoisotopic (exact) mass is 289 g/mol. The van der Waals surface area contributed by atoms with Gasteiger partial charge in [0.05, 0.1) is 0 Å². The molecule has 116 valence electrons. The molecule has 3 nitrogen and oxygen atoms in total. The van der Waals surface area contributed by atoms with Crippen LogP contribution in [0.2, 0.25) is 0 Å². The minimum Gasteiger partial charge on any atom is -0.478 e. The molecule has 0 fully saturated rings. The molecule has 0 heterocycles. The van der Waals surface area contributed by atoms with Crippen molar-refractivity contribution in [3.63, 3.8) is 0 Å². The summed E-state index contributed by atoms with van der Waals surface area (Å²) in [6.45, 7) is 13.1. The largest absolute Gasteiger partial charge is 0.478 e. The molecule has 0 saturated heterocycles. The van der Waals surface area contributed by atoms with Gasteiger partial charge in [-0.1, -0.05) is 33.8 Å². The predicted octanol–water partition coefficient (Wildman–Crippen LogP) is 4.21. The first-order valence-corrected chi connectivity index (χ1v) is 7.56. The summed E-state index contributed by atoms with van der Waals surface area (Å²) in [5.41, 5.74) is 3.35. The van der Waals surface area contributed by atoms with Crippen LogP contribution in [0.25, 0.3) is 6.08 Å². The zero-order chi connectivity index (χ0) is 16.0. The molecule has 0 radical (unpaired) electrons. The molecule has 0 bridgehead atoms. The first kappa shape index (κ1) is 17.3. The number of aryl methyl sites for hydroxylation is 1. The number of carboxylic acid groups (broad SMARTS) is 1. The number of rotatable bonds is 7. The highest BCUT2D eigenvalue weighted by atomic mass is 16.4. The molecule has 0 atom stereocenters. The Morgan fingerprint density at radius 2 is 1.76 bits per heavy atom. The summed E-state index contributed by atoms with van der Waals surface area (Å²) in [7, 11) is 0. The van der Waals surface area contributed by atoms with E-state index in [2.05, 4.69) is 45.6 Å². The summed E-state index contributed by atoms with van der Waals surface area (Å²) in [6.07, 6.45) is 2.81. The van der Waals surface area contributed by atoms with Gasteiger partial charge in [-0.25, -0.2) is 4.79 Å². The van der Waals surface area contributed by atoms with Crippen LogP contribution in [0.15, 0.2) is 24.3 Å². The lowest BCUT2D eigenvalue weighted by Crippen LogP contribution is -2.31. The second kappa shape index (κ2) is 7.87. The quantitative estimate of drug-likeness (QED) is 0.764. The van der Waals surface area contributed by atoms with Gasteiger partial charge in [-0.15, -0.1) is 0 Å². The Morgan fingerprint density at radius 1 is 1.19 bits per heavy atom. The lowest BCUT2D eigenvalue weighted by molar-refractivity contribution is -0.131. The Bertz CT molecular complexity index is 494. The van der Waals surface area contributed by atoms with Gasteiger partial charge in [0.15, 0.2) is 0 Å². The third kappa shape index (κ3) is 6.03. The van der Waals surface area contributed by atoms with Gasteiger partial charge in [-0.3, -0.25) is 0 Å². The third-order valence-electron chi connectivity index (χ3n) is 3.15. The number of carbonyl (C=O) groups is 1. The van der Waals surface area contributed by atoms with E-state index < -0.39 is 5.97 Å². The van der Waals surface area contributed by atoms with Crippen molar-refractivity contribution in [3.05, 3.63) is 35.4 Å². The van der Waals surface area contributed by atoms with Gasteiger partial charge in [0.2, 0.25) is 0 Å². The Kier molecular flexibility index (Phi) is 6.47. The summed E-state index contributed by atoms with van der Waals surface area (Å²) in [6, 6.07) is 6.12. The molecule has 3 heteroatoms. The summed E-state index contributed by atoms with van der Waals surface area (Å²) < 4.78 is 0. The Labute approximate surface area is 128 Å². The second-order valence-corrected chi connectivity index (χ2v) is 6.41. The number of benzene rings is 1. The molecule has 0 aliphatic heterocycles. The minimum absolute atomic E-state index is 0.606. The average Bonchev–Trinajstić information content (AvgIpc) is 2.34. The fourth-order valence-electron chi connectivity index (χ4n) is 2.46. The standard InChI is InChI=1S/C18H27NO2/c1-13(2)11-19(12-14(3)4)17-8-6-16(10-15(17)5)7-9-18(20)21/h6-10,13-14H,11-12H2,1-5H3,(H,20,21). The van der Waals surface area contributed by atoms with Gasteiger partial charge in [0, 0.05) is 24.9 Å². The van der Waals surface area contributed by atoms with Crippen molar-refractivity contribution in [1.29, 1.82) is 0 Å². The number of hydrogen-bond donors (Lipinski definition) is 1. The maximum absolute atomic E-state index is 10.6. The van der Waals surface area contributed by atoms with Crippen LogP contribution in [0.4, 0.5) is 5.69 Å². The van der Waals surface area contributed by atoms with Crippen LogP contribution in [0.3, 0.4) is 0 Å². The number of anilines is 1. The summed E-state index contributed by atoms with van der Waals surface area (Å²) in [5, 5.41) is 8.69. The molecule has 21 heavy (non-hydrogen) atoms. The summed E-state index contributed by atoms with van der Waals surface area (Å²) in [4.78, 5) is 13.0. The van der Waals surface area contributed by atoms with Crippen LogP contribution in [0.1, 0.15) is 38.8 Å². The smallest absolute Gasteiger partial charge is 0.328 e. The van der Waals surface area contributed by atoms with E-state index in [0.717, 1.165) is 18.7 Å². The number of aliphatic carboxylic acids is 1. The maximum Gasteiger partial charge on any atom is 0.328 e. The van der Waals surface area contributed by atoms with Crippen LogP contribution in [-0.2, 0) is 4.79 Å². The summed E-state index contributed by atoms with van der Waals surface area (Å²) in [5.74, 6) is 0.294. The zero-order valence-corrected chi connectivity index (χ0v) is 13.8. The molecule has 0 aliphatic rings. The van der Waals surface area contributed by atoms with Gasteiger partial charge in [0.1, 0.15) is 0 Å². The minimum atomic E-state index is -0.919. The first-order chi connectivity index (χ1) is 9.79. The van der Waals surface area contributed by atoms with E-state index >= 15 is 0 Å². The second-order valence-electron chi connectivity index (χ2n) is 6.41. The lowest BCUT2D eigenvalue weighted by Gasteiger charge is -2.30. The first-order valence-electron chi connectivity index (χ1n) is 7.56. The molecule has 1 aromatic rings. The molecule has 0 spiro atoms. The van der Waals surface area contributed by atoms with Crippen molar-refractivity contribution in [3.8, 4) is 0 Å². The van der Waals surface area contributed by atoms with Gasteiger partial charge in [-0.05, 0) is 48.1 Å². The van der Waals surface area contributed by atoms with Crippen LogP contribution in [0.5, 0.6) is 0 Å². The van der Waals surface area contributed by atoms with Gasteiger partial charge in [-0.2, -0.15) is 0 Å². The highest BCUT2D eigenvalue weighted by Crippen LogP contribution is 2.24. The normalized spacial score (nSPS) is 11.6. The zero-order valence-electron chi connectivity index (χ0n) is 13.8.